The molecule has 0 aliphatic carbocycles. The Balaban J connectivity index is 2.25. The second-order valence-electron chi connectivity index (χ2n) is 6.12. The third-order valence-electron chi connectivity index (χ3n) is 4.42. The molecule has 0 radical (unpaired) electrons. The summed E-state index contributed by atoms with van der Waals surface area (Å²) < 4.78 is 2.11. The van der Waals surface area contributed by atoms with Crippen molar-refractivity contribution < 1.29 is 14.7 Å². The number of carbonyl (C=O) groups excluding carboxylic acids is 1. The van der Waals surface area contributed by atoms with Gasteiger partial charge >= 0.3 is 5.97 Å². The quantitative estimate of drug-likeness (QED) is 0.930. The Morgan fingerprint density at radius 2 is 2.00 bits per heavy atom. The third-order valence-corrected chi connectivity index (χ3v) is 4.42. The van der Waals surface area contributed by atoms with Gasteiger partial charge in [-0.25, -0.2) is 0 Å². The monoisotopic (exact) mass is 292 g/mol. The van der Waals surface area contributed by atoms with Crippen LogP contribution in [0.4, 0.5) is 0 Å². The minimum atomic E-state index is -0.807. The molecule has 2 rings (SSSR count). The summed E-state index contributed by atoms with van der Waals surface area (Å²) in [5.74, 6) is -1.08. The lowest BCUT2D eigenvalue weighted by Crippen LogP contribution is -2.45. The van der Waals surface area contributed by atoms with E-state index in [-0.39, 0.29) is 11.8 Å². The van der Waals surface area contributed by atoms with E-state index < -0.39 is 11.9 Å². The average molecular weight is 292 g/mol. The van der Waals surface area contributed by atoms with E-state index in [4.69, 9.17) is 0 Å². The van der Waals surface area contributed by atoms with Gasteiger partial charge in [-0.15, -0.1) is 0 Å². The number of nitrogens with zero attached hydrogens (tertiary/aromatic N) is 2. The van der Waals surface area contributed by atoms with E-state index in [2.05, 4.69) is 11.5 Å². The Kier molecular flexibility index (Phi) is 4.40. The Morgan fingerprint density at radius 1 is 1.33 bits per heavy atom. The van der Waals surface area contributed by atoms with Crippen LogP contribution < -0.4 is 0 Å². The number of rotatable bonds is 3. The average Bonchev–Trinajstić information content (AvgIpc) is 2.71. The highest BCUT2D eigenvalue weighted by Crippen LogP contribution is 2.25. The van der Waals surface area contributed by atoms with E-state index in [1.165, 1.54) is 0 Å². The Hall–Kier alpha value is -1.78. The Morgan fingerprint density at radius 3 is 2.52 bits per heavy atom. The van der Waals surface area contributed by atoms with Crippen molar-refractivity contribution in [3.05, 3.63) is 23.0 Å². The Labute approximate surface area is 125 Å². The van der Waals surface area contributed by atoms with Gasteiger partial charge in [0, 0.05) is 31.0 Å². The fourth-order valence-corrected chi connectivity index (χ4v) is 3.37. The summed E-state index contributed by atoms with van der Waals surface area (Å²) in [5.41, 5.74) is 2.73. The first-order valence-corrected chi connectivity index (χ1v) is 7.53. The fraction of sp³-hybridized carbons (Fsp3) is 0.625. The molecule has 0 spiro atoms. The topological polar surface area (TPSA) is 62.5 Å². The zero-order valence-electron chi connectivity index (χ0n) is 13.2. The van der Waals surface area contributed by atoms with Crippen molar-refractivity contribution in [3.8, 4) is 0 Å². The van der Waals surface area contributed by atoms with E-state index >= 15 is 0 Å². The summed E-state index contributed by atoms with van der Waals surface area (Å²) in [6, 6.07) is 1.91. The summed E-state index contributed by atoms with van der Waals surface area (Å²) in [7, 11) is 0. The van der Waals surface area contributed by atoms with Crippen LogP contribution in [0.5, 0.6) is 0 Å². The number of hydrogen-bond acceptors (Lipinski definition) is 2. The first-order chi connectivity index (χ1) is 9.85. The normalized spacial score (nSPS) is 22.4. The zero-order valence-corrected chi connectivity index (χ0v) is 13.2. The second kappa shape index (κ2) is 5.92. The molecule has 1 aliphatic heterocycles. The zero-order chi connectivity index (χ0) is 15.7. The molecule has 2 heterocycles. The van der Waals surface area contributed by atoms with E-state index in [1.807, 2.05) is 26.8 Å². The van der Waals surface area contributed by atoms with E-state index in [9.17, 15) is 14.7 Å². The maximum absolute atomic E-state index is 12.7. The van der Waals surface area contributed by atoms with E-state index in [0.29, 0.717) is 25.1 Å². The molecule has 1 aliphatic rings. The van der Waals surface area contributed by atoms with Crippen molar-refractivity contribution in [2.24, 2.45) is 11.8 Å². The number of likely N-dealkylation sites (tertiary alicyclic amines) is 1. The van der Waals surface area contributed by atoms with Crippen LogP contribution in [0, 0.1) is 25.7 Å². The summed E-state index contributed by atoms with van der Waals surface area (Å²) in [5, 5.41) is 9.22. The van der Waals surface area contributed by atoms with Gasteiger partial charge in [-0.2, -0.15) is 0 Å². The minimum absolute atomic E-state index is 0.0411. The molecule has 0 aromatic carbocycles. The van der Waals surface area contributed by atoms with Crippen LogP contribution in [-0.2, 0) is 11.3 Å². The number of aryl methyl sites for hydroxylation is 1. The summed E-state index contributed by atoms with van der Waals surface area (Å²) in [6.45, 7) is 9.78. The number of carboxylic acid groups (broad SMARTS) is 1. The second-order valence-corrected chi connectivity index (χ2v) is 6.12. The maximum atomic E-state index is 12.7. The highest BCUT2D eigenvalue weighted by Gasteiger charge is 2.33. The molecule has 1 aromatic heterocycles. The highest BCUT2D eigenvalue weighted by atomic mass is 16.4. The molecule has 2 unspecified atom stereocenters. The van der Waals surface area contributed by atoms with Crippen LogP contribution in [0.3, 0.4) is 0 Å². The molecular formula is C16H24N2O3. The maximum Gasteiger partial charge on any atom is 0.308 e. The highest BCUT2D eigenvalue weighted by molar-refractivity contribution is 5.96. The largest absolute Gasteiger partial charge is 0.481 e. The van der Waals surface area contributed by atoms with Crippen molar-refractivity contribution in [2.75, 3.05) is 13.1 Å². The van der Waals surface area contributed by atoms with Gasteiger partial charge in [0.05, 0.1) is 11.5 Å². The molecule has 0 saturated carbocycles. The van der Waals surface area contributed by atoms with Gasteiger partial charge in [-0.1, -0.05) is 6.92 Å². The standard InChI is InChI=1S/C16H24N2O3/c1-5-18-11(3)7-14(12(18)4)15(19)17-8-10(2)6-13(9-17)16(20)21/h7,10,13H,5-6,8-9H2,1-4H3,(H,20,21). The van der Waals surface area contributed by atoms with Crippen LogP contribution in [-0.4, -0.2) is 39.5 Å². The first kappa shape index (κ1) is 15.6. The summed E-state index contributed by atoms with van der Waals surface area (Å²) in [6.07, 6.45) is 0.646. The number of aliphatic carboxylic acids is 1. The van der Waals surface area contributed by atoms with Gasteiger partial charge in [-0.05, 0) is 39.2 Å². The molecule has 2 atom stereocenters. The summed E-state index contributed by atoms with van der Waals surface area (Å²) in [4.78, 5) is 25.7. The molecular weight excluding hydrogens is 268 g/mol. The number of amides is 1. The lowest BCUT2D eigenvalue weighted by molar-refractivity contribution is -0.143. The molecule has 116 valence electrons. The van der Waals surface area contributed by atoms with Crippen molar-refractivity contribution in [3.63, 3.8) is 0 Å². The van der Waals surface area contributed by atoms with Gasteiger partial charge in [-0.3, -0.25) is 9.59 Å². The number of carboxylic acids is 1. The van der Waals surface area contributed by atoms with Gasteiger partial charge in [0.25, 0.3) is 5.91 Å². The molecule has 1 aromatic rings. The van der Waals surface area contributed by atoms with Crippen molar-refractivity contribution in [1.82, 2.24) is 9.47 Å². The van der Waals surface area contributed by atoms with Crippen LogP contribution in [0.25, 0.3) is 0 Å². The smallest absolute Gasteiger partial charge is 0.308 e. The molecule has 1 amide bonds. The SMILES string of the molecule is CCn1c(C)cc(C(=O)N2CC(C)CC(C(=O)O)C2)c1C. The van der Waals surface area contributed by atoms with Gasteiger partial charge in [0.15, 0.2) is 0 Å². The number of aromatic nitrogens is 1. The van der Waals surface area contributed by atoms with Crippen LogP contribution in [0.15, 0.2) is 6.07 Å². The lowest BCUT2D eigenvalue weighted by Gasteiger charge is -2.34. The molecule has 0 bridgehead atoms. The molecule has 1 saturated heterocycles. The molecule has 5 nitrogen and oxygen atoms in total. The third kappa shape index (κ3) is 2.96. The van der Waals surface area contributed by atoms with Crippen molar-refractivity contribution >= 4 is 11.9 Å². The molecule has 1 fully saturated rings. The van der Waals surface area contributed by atoms with Gasteiger partial charge < -0.3 is 14.6 Å². The fourth-order valence-electron chi connectivity index (χ4n) is 3.37. The van der Waals surface area contributed by atoms with Crippen LogP contribution in [0.1, 0.15) is 42.0 Å². The van der Waals surface area contributed by atoms with E-state index in [1.54, 1.807) is 4.90 Å². The van der Waals surface area contributed by atoms with Crippen molar-refractivity contribution in [2.45, 2.75) is 40.7 Å². The minimum Gasteiger partial charge on any atom is -0.481 e. The Bertz CT molecular complexity index is 562. The van der Waals surface area contributed by atoms with E-state index in [0.717, 1.165) is 17.9 Å². The van der Waals surface area contributed by atoms with Gasteiger partial charge in [0.1, 0.15) is 0 Å². The molecule has 5 heteroatoms. The lowest BCUT2D eigenvalue weighted by atomic mass is 9.90. The van der Waals surface area contributed by atoms with Gasteiger partial charge in [0.2, 0.25) is 0 Å². The molecule has 1 N–H and O–H groups in total. The predicted octanol–water partition coefficient (Wildman–Crippen LogP) is 2.31. The first-order valence-electron chi connectivity index (χ1n) is 7.53. The number of piperidine rings is 1. The van der Waals surface area contributed by atoms with Crippen molar-refractivity contribution in [1.29, 1.82) is 0 Å². The predicted molar refractivity (Wildman–Crippen MR) is 80.4 cm³/mol. The molecule has 21 heavy (non-hydrogen) atoms. The van der Waals surface area contributed by atoms with Crippen LogP contribution in [0.2, 0.25) is 0 Å². The number of hydrogen-bond donors (Lipinski definition) is 1. The van der Waals surface area contributed by atoms with Crippen LogP contribution >= 0.6 is 0 Å². The summed E-state index contributed by atoms with van der Waals surface area (Å²) >= 11 is 0. The number of carbonyl (C=O) groups is 2.